The summed E-state index contributed by atoms with van der Waals surface area (Å²) in [6.07, 6.45) is -7.11. The van der Waals surface area contributed by atoms with E-state index in [1.807, 2.05) is 0 Å². The number of carboxylic acid groups (broad SMARTS) is 1. The molecule has 1 saturated carbocycles. The molecule has 31 heavy (non-hydrogen) atoms. The Morgan fingerprint density at radius 2 is 1.58 bits per heavy atom. The minimum Gasteiger partial charge on any atom is -0.481 e. The van der Waals surface area contributed by atoms with Gasteiger partial charge in [-0.05, 0) is 60.2 Å². The van der Waals surface area contributed by atoms with Crippen LogP contribution < -0.4 is 5.32 Å². The lowest BCUT2D eigenvalue weighted by atomic mass is 9.85. The normalized spacial score (nSPS) is 19.9. The number of halogens is 6. The van der Waals surface area contributed by atoms with Gasteiger partial charge in [0.1, 0.15) is 0 Å². The van der Waals surface area contributed by atoms with Crippen molar-refractivity contribution >= 4 is 5.97 Å². The number of carbonyl (C=O) groups is 1. The van der Waals surface area contributed by atoms with E-state index in [-0.39, 0.29) is 23.2 Å². The zero-order valence-electron chi connectivity index (χ0n) is 16.4. The van der Waals surface area contributed by atoms with Gasteiger partial charge < -0.3 is 10.4 Å². The highest BCUT2D eigenvalue weighted by Crippen LogP contribution is 2.38. The predicted octanol–water partition coefficient (Wildman–Crippen LogP) is 6.12. The van der Waals surface area contributed by atoms with Crippen LogP contribution in [0, 0.1) is 5.92 Å². The Balaban J connectivity index is 1.82. The second-order valence-electron chi connectivity index (χ2n) is 7.77. The van der Waals surface area contributed by atoms with Crippen molar-refractivity contribution in [2.75, 3.05) is 0 Å². The summed E-state index contributed by atoms with van der Waals surface area (Å²) in [7, 11) is 0. The highest BCUT2D eigenvalue weighted by Gasteiger charge is 2.37. The monoisotopic (exact) mass is 445 g/mol. The van der Waals surface area contributed by atoms with Crippen molar-refractivity contribution in [3.8, 4) is 11.1 Å². The van der Waals surface area contributed by atoms with Gasteiger partial charge in [0.15, 0.2) is 0 Å². The standard InChI is InChI=1S/C22H21F6NO2/c23-21(24,25)17-8-16(9-18(11-17)22(26,27)28)14-4-1-3-13(7-14)12-29-19-6-2-5-15(10-19)20(30)31/h1,3-4,7-9,11,15,19,29H,2,5-6,10,12H2,(H,30,31). The summed E-state index contributed by atoms with van der Waals surface area (Å²) in [5.74, 6) is -1.25. The molecule has 0 heterocycles. The van der Waals surface area contributed by atoms with Crippen molar-refractivity contribution in [2.24, 2.45) is 5.92 Å². The summed E-state index contributed by atoms with van der Waals surface area (Å²) in [5, 5.41) is 12.4. The number of rotatable bonds is 5. The van der Waals surface area contributed by atoms with Crippen LogP contribution >= 0.6 is 0 Å². The zero-order chi connectivity index (χ0) is 22.8. The van der Waals surface area contributed by atoms with Crippen LogP contribution in [0.15, 0.2) is 42.5 Å². The Labute approximate surface area is 175 Å². The number of benzene rings is 2. The lowest BCUT2D eigenvalue weighted by molar-refractivity contribution is -0.144. The van der Waals surface area contributed by atoms with E-state index in [0.29, 0.717) is 37.1 Å². The molecule has 0 spiro atoms. The van der Waals surface area contributed by atoms with Gasteiger partial charge >= 0.3 is 18.3 Å². The smallest absolute Gasteiger partial charge is 0.416 e. The zero-order valence-corrected chi connectivity index (χ0v) is 16.4. The minimum absolute atomic E-state index is 0.0103. The molecule has 0 bridgehead atoms. The molecule has 1 fully saturated rings. The molecular weight excluding hydrogens is 424 g/mol. The molecule has 1 aliphatic carbocycles. The summed E-state index contributed by atoms with van der Waals surface area (Å²) in [5.41, 5.74) is -1.97. The maximum Gasteiger partial charge on any atom is 0.416 e. The fourth-order valence-electron chi connectivity index (χ4n) is 3.84. The molecule has 0 saturated heterocycles. The first kappa shape index (κ1) is 23.1. The third kappa shape index (κ3) is 6.00. The molecule has 3 nitrogen and oxygen atoms in total. The molecule has 0 amide bonds. The summed E-state index contributed by atoms with van der Waals surface area (Å²) in [6.45, 7) is 0.329. The van der Waals surface area contributed by atoms with Gasteiger partial charge in [-0.15, -0.1) is 0 Å². The van der Waals surface area contributed by atoms with Crippen molar-refractivity contribution in [2.45, 2.75) is 50.6 Å². The van der Waals surface area contributed by atoms with E-state index in [2.05, 4.69) is 5.32 Å². The van der Waals surface area contributed by atoms with Gasteiger partial charge in [0.2, 0.25) is 0 Å². The number of carboxylic acids is 1. The predicted molar refractivity (Wildman–Crippen MR) is 102 cm³/mol. The SMILES string of the molecule is O=C(O)C1CCCC(NCc2cccc(-c3cc(C(F)(F)F)cc(C(F)(F)F)c3)c2)C1. The van der Waals surface area contributed by atoms with E-state index in [0.717, 1.165) is 12.8 Å². The Morgan fingerprint density at radius 3 is 2.16 bits per heavy atom. The average Bonchev–Trinajstić information content (AvgIpc) is 2.71. The number of hydrogen-bond donors (Lipinski definition) is 2. The Hall–Kier alpha value is -2.55. The van der Waals surface area contributed by atoms with E-state index in [9.17, 15) is 36.2 Å². The summed E-state index contributed by atoms with van der Waals surface area (Å²) < 4.78 is 78.8. The maximum atomic E-state index is 13.1. The van der Waals surface area contributed by atoms with Crippen molar-refractivity contribution in [1.82, 2.24) is 5.32 Å². The molecule has 3 rings (SSSR count). The van der Waals surface area contributed by atoms with Crippen LogP contribution in [0.2, 0.25) is 0 Å². The number of hydrogen-bond acceptors (Lipinski definition) is 2. The number of alkyl halides is 6. The van der Waals surface area contributed by atoms with Crippen molar-refractivity contribution < 1.29 is 36.2 Å². The maximum absolute atomic E-state index is 13.1. The van der Waals surface area contributed by atoms with Gasteiger partial charge in [-0.2, -0.15) is 26.3 Å². The highest BCUT2D eigenvalue weighted by atomic mass is 19.4. The first-order chi connectivity index (χ1) is 14.4. The van der Waals surface area contributed by atoms with Crippen LogP contribution in [0.4, 0.5) is 26.3 Å². The van der Waals surface area contributed by atoms with E-state index in [4.69, 9.17) is 0 Å². The van der Waals surface area contributed by atoms with Crippen LogP contribution in [0.3, 0.4) is 0 Å². The van der Waals surface area contributed by atoms with Crippen molar-refractivity contribution in [3.63, 3.8) is 0 Å². The molecular formula is C22H21F6NO2. The molecule has 1 aliphatic rings. The van der Waals surface area contributed by atoms with E-state index < -0.39 is 35.4 Å². The molecule has 9 heteroatoms. The topological polar surface area (TPSA) is 49.3 Å². The second kappa shape index (κ2) is 8.90. The molecule has 2 unspecified atom stereocenters. The molecule has 0 radical (unpaired) electrons. The summed E-state index contributed by atoms with van der Waals surface area (Å²) in [6, 6.07) is 7.80. The Kier molecular flexibility index (Phi) is 6.64. The Morgan fingerprint density at radius 1 is 0.935 bits per heavy atom. The van der Waals surface area contributed by atoms with Crippen LogP contribution in [-0.4, -0.2) is 17.1 Å². The third-order valence-corrected chi connectivity index (χ3v) is 5.47. The lowest BCUT2D eigenvalue weighted by Crippen LogP contribution is -2.36. The lowest BCUT2D eigenvalue weighted by Gasteiger charge is -2.27. The molecule has 2 N–H and O–H groups in total. The molecule has 168 valence electrons. The summed E-state index contributed by atoms with van der Waals surface area (Å²) >= 11 is 0. The van der Waals surface area contributed by atoms with E-state index in [1.54, 1.807) is 18.2 Å². The first-order valence-electron chi connectivity index (χ1n) is 9.78. The largest absolute Gasteiger partial charge is 0.481 e. The highest BCUT2D eigenvalue weighted by molar-refractivity contribution is 5.70. The molecule has 2 aromatic rings. The van der Waals surface area contributed by atoms with Crippen molar-refractivity contribution in [3.05, 3.63) is 59.2 Å². The van der Waals surface area contributed by atoms with Crippen LogP contribution in [0.25, 0.3) is 11.1 Å². The van der Waals surface area contributed by atoms with Crippen LogP contribution in [0.1, 0.15) is 42.4 Å². The third-order valence-electron chi connectivity index (χ3n) is 5.47. The summed E-state index contributed by atoms with van der Waals surface area (Å²) in [4.78, 5) is 11.2. The fourth-order valence-corrected chi connectivity index (χ4v) is 3.84. The van der Waals surface area contributed by atoms with Gasteiger partial charge in [0.25, 0.3) is 0 Å². The molecule has 2 aromatic carbocycles. The average molecular weight is 445 g/mol. The second-order valence-corrected chi connectivity index (χ2v) is 7.77. The molecule has 2 atom stereocenters. The first-order valence-corrected chi connectivity index (χ1v) is 9.78. The van der Waals surface area contributed by atoms with Gasteiger partial charge in [-0.1, -0.05) is 24.6 Å². The van der Waals surface area contributed by atoms with Gasteiger partial charge in [-0.3, -0.25) is 4.79 Å². The van der Waals surface area contributed by atoms with Gasteiger partial charge in [0.05, 0.1) is 17.0 Å². The minimum atomic E-state index is -4.91. The fraction of sp³-hybridized carbons (Fsp3) is 0.409. The molecule has 0 aliphatic heterocycles. The Bertz CT molecular complexity index is 906. The van der Waals surface area contributed by atoms with E-state index in [1.165, 1.54) is 6.07 Å². The van der Waals surface area contributed by atoms with Gasteiger partial charge in [0, 0.05) is 12.6 Å². The number of nitrogens with one attached hydrogen (secondary N) is 1. The quantitative estimate of drug-likeness (QED) is 0.545. The van der Waals surface area contributed by atoms with Crippen molar-refractivity contribution in [1.29, 1.82) is 0 Å². The number of aliphatic carboxylic acids is 1. The van der Waals surface area contributed by atoms with Crippen LogP contribution in [-0.2, 0) is 23.7 Å². The molecule has 0 aromatic heterocycles. The van der Waals surface area contributed by atoms with Gasteiger partial charge in [-0.25, -0.2) is 0 Å². The van der Waals surface area contributed by atoms with E-state index >= 15 is 0 Å². The van der Waals surface area contributed by atoms with Crippen LogP contribution in [0.5, 0.6) is 0 Å².